The average molecular weight is 493 g/mol. The van der Waals surface area contributed by atoms with Crippen molar-refractivity contribution in [2.24, 2.45) is 5.92 Å². The number of carbonyl (C=O) groups is 1. The van der Waals surface area contributed by atoms with Crippen LogP contribution in [0.1, 0.15) is 48.9 Å². The standard InChI is InChI=1S/C24H30Cl2N4O3/c25-20-13-27-14-21(26)19(20)12-29-22(24(31)32)7-9-33-18-10-15(11-18)3-5-17-6-4-16-2-1-8-28-23(16)30-17/h4,6,13-15,18,22,29H,1-3,5,7-12H2,(H,28,30)(H,31,32). The van der Waals surface area contributed by atoms with Gasteiger partial charge in [0, 0.05) is 43.3 Å². The SMILES string of the molecule is O=C(O)C(CCOC1CC(CCc2ccc3c(n2)NCCC3)C1)NCc1c(Cl)cncc1Cl. The lowest BCUT2D eigenvalue weighted by Gasteiger charge is -2.35. The van der Waals surface area contributed by atoms with Crippen LogP contribution in [0.5, 0.6) is 0 Å². The first kappa shape index (κ1) is 24.2. The highest BCUT2D eigenvalue weighted by molar-refractivity contribution is 6.35. The van der Waals surface area contributed by atoms with Gasteiger partial charge in [-0.1, -0.05) is 29.3 Å². The Bertz CT molecular complexity index is 948. The lowest BCUT2D eigenvalue weighted by molar-refractivity contribution is -0.140. The van der Waals surface area contributed by atoms with Crippen molar-refractivity contribution in [1.82, 2.24) is 15.3 Å². The molecule has 4 rings (SSSR count). The van der Waals surface area contributed by atoms with Gasteiger partial charge in [0.15, 0.2) is 0 Å². The Morgan fingerprint density at radius 2 is 2.06 bits per heavy atom. The molecule has 7 nitrogen and oxygen atoms in total. The van der Waals surface area contributed by atoms with Crippen LogP contribution < -0.4 is 10.6 Å². The molecule has 9 heteroatoms. The van der Waals surface area contributed by atoms with Crippen molar-refractivity contribution in [3.05, 3.63) is 51.4 Å². The van der Waals surface area contributed by atoms with Gasteiger partial charge in [-0.2, -0.15) is 0 Å². The van der Waals surface area contributed by atoms with Crippen molar-refractivity contribution < 1.29 is 14.6 Å². The topological polar surface area (TPSA) is 96.4 Å². The van der Waals surface area contributed by atoms with Crippen LogP contribution in [0.25, 0.3) is 0 Å². The van der Waals surface area contributed by atoms with E-state index in [0.717, 1.165) is 50.2 Å². The normalized spacial score (nSPS) is 20.4. The number of halogens is 2. The van der Waals surface area contributed by atoms with E-state index in [1.54, 1.807) is 0 Å². The number of aromatic nitrogens is 2. The molecule has 0 aromatic carbocycles. The smallest absolute Gasteiger partial charge is 0.320 e. The molecular weight excluding hydrogens is 463 g/mol. The summed E-state index contributed by atoms with van der Waals surface area (Å²) in [4.78, 5) is 20.3. The minimum atomic E-state index is -0.918. The van der Waals surface area contributed by atoms with E-state index < -0.39 is 12.0 Å². The second-order valence-corrected chi connectivity index (χ2v) is 9.67. The first-order chi connectivity index (χ1) is 16.0. The first-order valence-corrected chi connectivity index (χ1v) is 12.3. The van der Waals surface area contributed by atoms with Gasteiger partial charge in [0.1, 0.15) is 11.9 Å². The monoisotopic (exact) mass is 492 g/mol. The van der Waals surface area contributed by atoms with Crippen molar-refractivity contribution in [1.29, 1.82) is 0 Å². The maximum atomic E-state index is 11.6. The zero-order valence-corrected chi connectivity index (χ0v) is 20.0. The van der Waals surface area contributed by atoms with E-state index in [0.29, 0.717) is 34.6 Å². The number of hydrogen-bond acceptors (Lipinski definition) is 6. The van der Waals surface area contributed by atoms with Crippen LogP contribution in [0.2, 0.25) is 10.0 Å². The molecule has 1 aliphatic carbocycles. The van der Waals surface area contributed by atoms with Crippen LogP contribution in [-0.4, -0.2) is 46.3 Å². The molecule has 3 heterocycles. The number of carboxylic acids is 1. The number of nitrogens with one attached hydrogen (secondary N) is 2. The fourth-order valence-electron chi connectivity index (χ4n) is 4.40. The second-order valence-electron chi connectivity index (χ2n) is 8.85. The molecule has 33 heavy (non-hydrogen) atoms. The Labute approximate surface area is 204 Å². The molecule has 1 unspecified atom stereocenters. The molecular formula is C24H30Cl2N4O3. The van der Waals surface area contributed by atoms with Crippen molar-refractivity contribution in [3.63, 3.8) is 0 Å². The maximum Gasteiger partial charge on any atom is 0.320 e. The molecule has 178 valence electrons. The van der Waals surface area contributed by atoms with Crippen LogP contribution in [0, 0.1) is 5.92 Å². The van der Waals surface area contributed by atoms with Gasteiger partial charge < -0.3 is 20.5 Å². The number of pyridine rings is 2. The number of hydrogen-bond donors (Lipinski definition) is 3. The predicted molar refractivity (Wildman–Crippen MR) is 129 cm³/mol. The van der Waals surface area contributed by atoms with E-state index in [-0.39, 0.29) is 12.6 Å². The third-order valence-electron chi connectivity index (χ3n) is 6.49. The number of anilines is 1. The largest absolute Gasteiger partial charge is 0.480 e. The summed E-state index contributed by atoms with van der Waals surface area (Å²) in [6, 6.07) is 3.63. The maximum absolute atomic E-state index is 11.6. The highest BCUT2D eigenvalue weighted by Crippen LogP contribution is 2.34. The van der Waals surface area contributed by atoms with Gasteiger partial charge in [-0.05, 0) is 62.5 Å². The Kier molecular flexibility index (Phi) is 8.41. The van der Waals surface area contributed by atoms with Gasteiger partial charge in [-0.3, -0.25) is 9.78 Å². The van der Waals surface area contributed by atoms with Gasteiger partial charge in [-0.25, -0.2) is 4.98 Å². The lowest BCUT2D eigenvalue weighted by Crippen LogP contribution is -2.38. The van der Waals surface area contributed by atoms with Crippen molar-refractivity contribution in [2.45, 2.75) is 63.6 Å². The molecule has 0 radical (unpaired) electrons. The molecule has 1 saturated carbocycles. The quantitative estimate of drug-likeness (QED) is 0.424. The molecule has 0 spiro atoms. The highest BCUT2D eigenvalue weighted by atomic mass is 35.5. The summed E-state index contributed by atoms with van der Waals surface area (Å²) >= 11 is 12.2. The zero-order chi connectivity index (χ0) is 23.2. The van der Waals surface area contributed by atoms with Crippen LogP contribution in [0.3, 0.4) is 0 Å². The van der Waals surface area contributed by atoms with E-state index >= 15 is 0 Å². The predicted octanol–water partition coefficient (Wildman–Crippen LogP) is 4.50. The van der Waals surface area contributed by atoms with Crippen LogP contribution in [0.4, 0.5) is 5.82 Å². The molecule has 1 atom stereocenters. The summed E-state index contributed by atoms with van der Waals surface area (Å²) < 4.78 is 5.92. The summed E-state index contributed by atoms with van der Waals surface area (Å²) in [5.41, 5.74) is 3.12. The summed E-state index contributed by atoms with van der Waals surface area (Å²) in [6.07, 6.45) is 10.0. The minimum absolute atomic E-state index is 0.215. The number of aliphatic carboxylic acids is 1. The van der Waals surface area contributed by atoms with Crippen LogP contribution in [-0.2, 0) is 28.9 Å². The van der Waals surface area contributed by atoms with E-state index in [2.05, 4.69) is 27.8 Å². The van der Waals surface area contributed by atoms with Crippen LogP contribution >= 0.6 is 23.2 Å². The molecule has 3 N–H and O–H groups in total. The lowest BCUT2D eigenvalue weighted by atomic mass is 9.79. The van der Waals surface area contributed by atoms with Gasteiger partial charge in [0.2, 0.25) is 0 Å². The Morgan fingerprint density at radius 1 is 1.27 bits per heavy atom. The van der Waals surface area contributed by atoms with Crippen molar-refractivity contribution in [3.8, 4) is 0 Å². The van der Waals surface area contributed by atoms with E-state index in [9.17, 15) is 9.90 Å². The van der Waals surface area contributed by atoms with Gasteiger partial charge in [0.05, 0.1) is 16.1 Å². The molecule has 1 aliphatic heterocycles. The first-order valence-electron chi connectivity index (χ1n) is 11.6. The fourth-order valence-corrected chi connectivity index (χ4v) is 4.90. The average Bonchev–Trinajstić information content (AvgIpc) is 2.77. The van der Waals surface area contributed by atoms with Crippen LogP contribution in [0.15, 0.2) is 24.5 Å². The number of fused-ring (bicyclic) bond motifs is 1. The summed E-state index contributed by atoms with van der Waals surface area (Å²) in [6.45, 7) is 1.67. The number of nitrogens with zero attached hydrogens (tertiary/aromatic N) is 2. The molecule has 0 bridgehead atoms. The molecule has 2 aromatic rings. The summed E-state index contributed by atoms with van der Waals surface area (Å²) in [5.74, 6) is 0.784. The van der Waals surface area contributed by atoms with Gasteiger partial charge >= 0.3 is 5.97 Å². The molecule has 2 aromatic heterocycles. The molecule has 2 aliphatic rings. The third kappa shape index (κ3) is 6.57. The minimum Gasteiger partial charge on any atom is -0.480 e. The second kappa shape index (κ2) is 11.5. The Hall–Kier alpha value is -1.93. The molecule has 0 saturated heterocycles. The highest BCUT2D eigenvalue weighted by Gasteiger charge is 2.30. The van der Waals surface area contributed by atoms with Gasteiger partial charge in [0.25, 0.3) is 0 Å². The van der Waals surface area contributed by atoms with E-state index in [1.807, 2.05) is 0 Å². The number of carboxylic acid groups (broad SMARTS) is 1. The third-order valence-corrected chi connectivity index (χ3v) is 7.14. The Balaban J connectivity index is 1.14. The molecule has 1 fully saturated rings. The zero-order valence-electron chi connectivity index (χ0n) is 18.5. The van der Waals surface area contributed by atoms with Crippen molar-refractivity contribution in [2.75, 3.05) is 18.5 Å². The number of rotatable bonds is 11. The van der Waals surface area contributed by atoms with Gasteiger partial charge in [-0.15, -0.1) is 0 Å². The summed E-state index contributed by atoms with van der Waals surface area (Å²) in [5, 5.41) is 16.7. The summed E-state index contributed by atoms with van der Waals surface area (Å²) in [7, 11) is 0. The molecule has 0 amide bonds. The number of ether oxygens (including phenoxy) is 1. The Morgan fingerprint density at radius 3 is 2.82 bits per heavy atom. The van der Waals surface area contributed by atoms with Crippen molar-refractivity contribution >= 4 is 35.0 Å². The van der Waals surface area contributed by atoms with E-state index in [4.69, 9.17) is 32.9 Å². The van der Waals surface area contributed by atoms with E-state index in [1.165, 1.54) is 24.4 Å². The number of aryl methyl sites for hydroxylation is 2. The fraction of sp³-hybridized carbons (Fsp3) is 0.542.